The van der Waals surface area contributed by atoms with Gasteiger partial charge < -0.3 is 14.2 Å². The average molecular weight is 228 g/mol. The molecule has 1 aliphatic carbocycles. The van der Waals surface area contributed by atoms with Crippen LogP contribution in [0.25, 0.3) is 0 Å². The Morgan fingerprint density at radius 3 is 2.62 bits per heavy atom. The predicted octanol–water partition coefficient (Wildman–Crippen LogP) is 1.87. The van der Waals surface area contributed by atoms with E-state index in [-0.39, 0.29) is 18.0 Å². The van der Waals surface area contributed by atoms with Gasteiger partial charge in [-0.2, -0.15) is 0 Å². The van der Waals surface area contributed by atoms with E-state index in [4.69, 9.17) is 14.2 Å². The van der Waals surface area contributed by atoms with Crippen molar-refractivity contribution in [3.05, 3.63) is 0 Å². The molecule has 1 heterocycles. The Morgan fingerprint density at radius 1 is 1.44 bits per heavy atom. The molecule has 92 valence electrons. The van der Waals surface area contributed by atoms with Crippen LogP contribution >= 0.6 is 0 Å². The van der Waals surface area contributed by atoms with Gasteiger partial charge in [-0.1, -0.05) is 6.92 Å². The first-order chi connectivity index (χ1) is 7.69. The van der Waals surface area contributed by atoms with Crippen molar-refractivity contribution in [3.8, 4) is 0 Å². The van der Waals surface area contributed by atoms with Crippen LogP contribution in [-0.4, -0.2) is 31.6 Å². The lowest BCUT2D eigenvalue weighted by atomic mass is 9.85. The summed E-state index contributed by atoms with van der Waals surface area (Å²) >= 11 is 0. The van der Waals surface area contributed by atoms with Gasteiger partial charge in [-0.3, -0.25) is 4.79 Å². The van der Waals surface area contributed by atoms with Gasteiger partial charge in [0.15, 0.2) is 5.79 Å². The first-order valence-corrected chi connectivity index (χ1v) is 6.09. The molecule has 2 aliphatic rings. The number of carbonyl (C=O) groups excluding carboxylic acids is 1. The highest BCUT2D eigenvalue weighted by molar-refractivity contribution is 5.72. The third kappa shape index (κ3) is 2.23. The summed E-state index contributed by atoms with van der Waals surface area (Å²) in [6.45, 7) is 2.80. The van der Waals surface area contributed by atoms with E-state index < -0.39 is 5.79 Å². The summed E-state index contributed by atoms with van der Waals surface area (Å²) in [7, 11) is 1.45. The Labute approximate surface area is 96.2 Å². The molecular weight excluding hydrogens is 208 g/mol. The van der Waals surface area contributed by atoms with Gasteiger partial charge in [0.1, 0.15) is 0 Å². The van der Waals surface area contributed by atoms with Gasteiger partial charge in [-0.05, 0) is 19.3 Å². The zero-order chi connectivity index (χ0) is 11.6. The first kappa shape index (κ1) is 11.9. The van der Waals surface area contributed by atoms with Crippen molar-refractivity contribution in [1.29, 1.82) is 0 Å². The van der Waals surface area contributed by atoms with E-state index in [1.807, 2.05) is 0 Å². The summed E-state index contributed by atoms with van der Waals surface area (Å²) in [4.78, 5) is 11.4. The average Bonchev–Trinajstić information content (AvgIpc) is 2.73. The summed E-state index contributed by atoms with van der Waals surface area (Å²) in [5.41, 5.74) is 0. The Balaban J connectivity index is 1.87. The van der Waals surface area contributed by atoms with Crippen molar-refractivity contribution in [3.63, 3.8) is 0 Å². The van der Waals surface area contributed by atoms with Crippen LogP contribution in [-0.2, 0) is 19.0 Å². The predicted molar refractivity (Wildman–Crippen MR) is 57.8 cm³/mol. The number of methoxy groups -OCH3 is 1. The van der Waals surface area contributed by atoms with Crippen molar-refractivity contribution in [2.24, 2.45) is 5.92 Å². The van der Waals surface area contributed by atoms with E-state index in [9.17, 15) is 4.79 Å². The summed E-state index contributed by atoms with van der Waals surface area (Å²) in [5, 5.41) is 0. The molecule has 0 radical (unpaired) electrons. The normalized spacial score (nSPS) is 38.9. The van der Waals surface area contributed by atoms with E-state index in [0.29, 0.717) is 6.61 Å². The topological polar surface area (TPSA) is 44.8 Å². The number of hydrogen-bond acceptors (Lipinski definition) is 4. The highest BCUT2D eigenvalue weighted by atomic mass is 16.7. The van der Waals surface area contributed by atoms with Crippen molar-refractivity contribution in [1.82, 2.24) is 0 Å². The van der Waals surface area contributed by atoms with Gasteiger partial charge in [-0.15, -0.1) is 0 Å². The van der Waals surface area contributed by atoms with Crippen LogP contribution in [0.2, 0.25) is 0 Å². The van der Waals surface area contributed by atoms with Crippen LogP contribution in [0.1, 0.15) is 39.0 Å². The van der Waals surface area contributed by atoms with E-state index in [0.717, 1.165) is 32.1 Å². The molecular formula is C12H20O4. The molecule has 0 N–H and O–H groups in total. The highest BCUT2D eigenvalue weighted by Crippen LogP contribution is 2.40. The molecule has 1 spiro atoms. The summed E-state index contributed by atoms with van der Waals surface area (Å²) in [6.07, 6.45) is 4.45. The number of hydrogen-bond donors (Lipinski definition) is 0. The van der Waals surface area contributed by atoms with E-state index in [1.165, 1.54) is 7.11 Å². The fraction of sp³-hybridized carbons (Fsp3) is 0.917. The van der Waals surface area contributed by atoms with E-state index >= 15 is 0 Å². The quantitative estimate of drug-likeness (QED) is 0.677. The maximum absolute atomic E-state index is 11.4. The molecule has 0 amide bonds. The van der Waals surface area contributed by atoms with Gasteiger partial charge in [0, 0.05) is 12.8 Å². The van der Waals surface area contributed by atoms with Gasteiger partial charge >= 0.3 is 5.97 Å². The standard InChI is InChI=1S/C12H20O4/c1-3-10-8-15-12(16-10)6-4-9(5-7-12)11(13)14-2/h9-10H,3-8H2,1-2H3. The Morgan fingerprint density at radius 2 is 2.12 bits per heavy atom. The van der Waals surface area contributed by atoms with E-state index in [2.05, 4.69) is 6.92 Å². The fourth-order valence-electron chi connectivity index (χ4n) is 2.54. The third-order valence-corrected chi connectivity index (χ3v) is 3.65. The van der Waals surface area contributed by atoms with Crippen LogP contribution < -0.4 is 0 Å². The molecule has 1 unspecified atom stereocenters. The molecule has 0 aromatic rings. The van der Waals surface area contributed by atoms with Crippen LogP contribution in [0.5, 0.6) is 0 Å². The molecule has 2 rings (SSSR count). The lowest BCUT2D eigenvalue weighted by Crippen LogP contribution is -2.37. The summed E-state index contributed by atoms with van der Waals surface area (Å²) < 4.78 is 16.5. The molecule has 0 aromatic carbocycles. The smallest absolute Gasteiger partial charge is 0.308 e. The maximum atomic E-state index is 11.4. The van der Waals surface area contributed by atoms with Crippen molar-refractivity contribution >= 4 is 5.97 Å². The van der Waals surface area contributed by atoms with E-state index in [1.54, 1.807) is 0 Å². The lowest BCUT2D eigenvalue weighted by molar-refractivity contribution is -0.195. The molecule has 0 aromatic heterocycles. The van der Waals surface area contributed by atoms with Crippen LogP contribution in [0.15, 0.2) is 0 Å². The van der Waals surface area contributed by atoms with Gasteiger partial charge in [0.25, 0.3) is 0 Å². The lowest BCUT2D eigenvalue weighted by Gasteiger charge is -2.34. The van der Waals surface area contributed by atoms with Crippen LogP contribution in [0, 0.1) is 5.92 Å². The number of rotatable bonds is 2. The second-order valence-electron chi connectivity index (χ2n) is 4.67. The van der Waals surface area contributed by atoms with Gasteiger partial charge in [0.2, 0.25) is 0 Å². The second kappa shape index (κ2) is 4.72. The Bertz CT molecular complexity index is 256. The molecule has 1 saturated heterocycles. The maximum Gasteiger partial charge on any atom is 0.308 e. The molecule has 4 nitrogen and oxygen atoms in total. The van der Waals surface area contributed by atoms with Gasteiger partial charge in [-0.25, -0.2) is 0 Å². The highest BCUT2D eigenvalue weighted by Gasteiger charge is 2.44. The molecule has 1 aliphatic heterocycles. The minimum atomic E-state index is -0.398. The van der Waals surface area contributed by atoms with Crippen LogP contribution in [0.3, 0.4) is 0 Å². The largest absolute Gasteiger partial charge is 0.469 e. The molecule has 0 bridgehead atoms. The molecule has 4 heteroatoms. The Kier molecular flexibility index (Phi) is 3.50. The van der Waals surface area contributed by atoms with Crippen molar-refractivity contribution in [2.75, 3.05) is 13.7 Å². The minimum absolute atomic E-state index is 0.0310. The first-order valence-electron chi connectivity index (χ1n) is 6.09. The molecule has 16 heavy (non-hydrogen) atoms. The Hall–Kier alpha value is -0.610. The SMILES string of the molecule is CCC1COC2(CCC(C(=O)OC)CC2)O1. The number of carbonyl (C=O) groups is 1. The zero-order valence-corrected chi connectivity index (χ0v) is 10.0. The van der Waals surface area contributed by atoms with Gasteiger partial charge in [0.05, 0.1) is 25.7 Å². The zero-order valence-electron chi connectivity index (χ0n) is 10.0. The van der Waals surface area contributed by atoms with Crippen molar-refractivity contribution in [2.45, 2.75) is 50.9 Å². The van der Waals surface area contributed by atoms with Crippen LogP contribution in [0.4, 0.5) is 0 Å². The third-order valence-electron chi connectivity index (χ3n) is 3.65. The monoisotopic (exact) mass is 228 g/mol. The minimum Gasteiger partial charge on any atom is -0.469 e. The molecule has 2 fully saturated rings. The second-order valence-corrected chi connectivity index (χ2v) is 4.67. The summed E-state index contributed by atoms with van der Waals surface area (Å²) in [5.74, 6) is -0.464. The number of ether oxygens (including phenoxy) is 3. The summed E-state index contributed by atoms with van der Waals surface area (Å²) in [6, 6.07) is 0. The van der Waals surface area contributed by atoms with Crippen molar-refractivity contribution < 1.29 is 19.0 Å². The number of esters is 1. The fourth-order valence-corrected chi connectivity index (χ4v) is 2.54. The molecule has 1 atom stereocenters. The molecule has 1 saturated carbocycles.